The highest BCUT2D eigenvalue weighted by atomic mass is 35.5. The molecule has 1 saturated carbocycles. The summed E-state index contributed by atoms with van der Waals surface area (Å²) in [5.74, 6) is 0.364. The number of hydrogen-bond donors (Lipinski definition) is 4. The van der Waals surface area contributed by atoms with Crippen molar-refractivity contribution < 1.29 is 19.1 Å². The van der Waals surface area contributed by atoms with Crippen molar-refractivity contribution in [1.82, 2.24) is 30.8 Å². The molecule has 12 nitrogen and oxygen atoms in total. The van der Waals surface area contributed by atoms with Crippen LogP contribution in [0, 0.1) is 18.8 Å². The van der Waals surface area contributed by atoms with Crippen LogP contribution in [-0.2, 0) is 20.7 Å². The van der Waals surface area contributed by atoms with Crippen LogP contribution < -0.4 is 16.4 Å². The maximum absolute atomic E-state index is 13.7. The lowest BCUT2D eigenvalue weighted by atomic mass is 9.81. The molecule has 2 fully saturated rings. The molecule has 49 heavy (non-hydrogen) atoms. The van der Waals surface area contributed by atoms with Gasteiger partial charge in [0.05, 0.1) is 13.2 Å². The van der Waals surface area contributed by atoms with Crippen molar-refractivity contribution in [2.75, 3.05) is 38.2 Å². The van der Waals surface area contributed by atoms with Gasteiger partial charge in [-0.05, 0) is 103 Å². The lowest BCUT2D eigenvalue weighted by Crippen LogP contribution is -2.48. The van der Waals surface area contributed by atoms with Crippen LogP contribution in [0.1, 0.15) is 47.2 Å². The van der Waals surface area contributed by atoms with Crippen molar-refractivity contribution in [3.05, 3.63) is 83.4 Å². The monoisotopic (exact) mass is 686 g/mol. The highest BCUT2D eigenvalue weighted by Gasteiger charge is 2.29. The van der Waals surface area contributed by atoms with Crippen LogP contribution in [0.15, 0.2) is 66.7 Å². The highest BCUT2D eigenvalue weighted by molar-refractivity contribution is 5.98. The minimum absolute atomic E-state index is 0. The Hall–Kier alpha value is -4.65. The van der Waals surface area contributed by atoms with E-state index in [1.54, 1.807) is 24.3 Å². The first kappa shape index (κ1) is 35.7. The van der Waals surface area contributed by atoms with Gasteiger partial charge in [-0.3, -0.25) is 14.4 Å². The lowest BCUT2D eigenvalue weighted by molar-refractivity contribution is -0.130. The molecule has 258 valence electrons. The average Bonchev–Trinajstić information content (AvgIpc) is 3.68. The number of H-pyrrole nitrogens is 1. The third-order valence-corrected chi connectivity index (χ3v) is 9.43. The zero-order chi connectivity index (χ0) is 33.5. The fourth-order valence-corrected chi connectivity index (χ4v) is 6.41. The second kappa shape index (κ2) is 16.6. The van der Waals surface area contributed by atoms with Gasteiger partial charge in [0.15, 0.2) is 0 Å². The quantitative estimate of drug-likeness (QED) is 0.193. The molecule has 0 bridgehead atoms. The summed E-state index contributed by atoms with van der Waals surface area (Å²) in [6.07, 6.45) is 3.67. The number of rotatable bonds is 10. The Balaban J connectivity index is 0.00000468. The molecule has 1 atom stereocenters. The van der Waals surface area contributed by atoms with E-state index in [2.05, 4.69) is 31.3 Å². The van der Waals surface area contributed by atoms with Crippen molar-refractivity contribution in [2.45, 2.75) is 45.1 Å². The van der Waals surface area contributed by atoms with E-state index in [-0.39, 0.29) is 36.0 Å². The van der Waals surface area contributed by atoms with Crippen LogP contribution in [-0.4, -0.2) is 82.1 Å². The van der Waals surface area contributed by atoms with E-state index < -0.39 is 6.04 Å². The number of carbonyl (C=O) groups excluding carboxylic acids is 3. The molecular formula is C36H43ClN8O4. The molecule has 1 saturated heterocycles. The van der Waals surface area contributed by atoms with E-state index in [0.717, 1.165) is 53.5 Å². The molecule has 1 aliphatic carbocycles. The number of benzene rings is 3. The number of amides is 3. The first-order valence-corrected chi connectivity index (χ1v) is 16.6. The van der Waals surface area contributed by atoms with E-state index in [1.165, 1.54) is 0 Å². The smallest absolute Gasteiger partial charge is 0.254 e. The average molecular weight is 687 g/mol. The number of halogens is 1. The predicted octanol–water partition coefficient (Wildman–Crippen LogP) is 4.17. The zero-order valence-electron chi connectivity index (χ0n) is 27.6. The van der Waals surface area contributed by atoms with Crippen molar-refractivity contribution in [1.29, 1.82) is 0 Å². The van der Waals surface area contributed by atoms with Gasteiger partial charge in [-0.15, -0.1) is 22.6 Å². The van der Waals surface area contributed by atoms with Gasteiger partial charge in [0.2, 0.25) is 17.6 Å². The van der Waals surface area contributed by atoms with Gasteiger partial charge in [0, 0.05) is 42.2 Å². The number of carbonyl (C=O) groups is 3. The van der Waals surface area contributed by atoms with Crippen LogP contribution in [0.3, 0.4) is 0 Å². The van der Waals surface area contributed by atoms with Crippen LogP contribution in [0.5, 0.6) is 0 Å². The Morgan fingerprint density at radius 3 is 2.27 bits per heavy atom. The Kier molecular flexibility index (Phi) is 12.1. The molecule has 2 heterocycles. The number of morpholine rings is 1. The Morgan fingerprint density at radius 1 is 0.939 bits per heavy atom. The summed E-state index contributed by atoms with van der Waals surface area (Å²) in [6, 6.07) is 20.2. The molecule has 1 aliphatic heterocycles. The van der Waals surface area contributed by atoms with Gasteiger partial charge in [-0.2, -0.15) is 5.21 Å². The summed E-state index contributed by atoms with van der Waals surface area (Å²) in [7, 11) is 0. The Labute approximate surface area is 292 Å². The van der Waals surface area contributed by atoms with E-state index in [9.17, 15) is 14.4 Å². The molecule has 2 aliphatic rings. The Morgan fingerprint density at radius 2 is 1.61 bits per heavy atom. The van der Waals surface area contributed by atoms with Crippen LogP contribution in [0.4, 0.5) is 5.69 Å². The largest absolute Gasteiger partial charge is 0.378 e. The number of nitrogens with one attached hydrogen (secondary N) is 3. The fourth-order valence-electron chi connectivity index (χ4n) is 6.41. The minimum Gasteiger partial charge on any atom is -0.378 e. The maximum Gasteiger partial charge on any atom is 0.254 e. The molecule has 5 N–H and O–H groups in total. The van der Waals surface area contributed by atoms with Crippen molar-refractivity contribution in [3.63, 3.8) is 0 Å². The topological polar surface area (TPSA) is 168 Å². The summed E-state index contributed by atoms with van der Waals surface area (Å²) in [4.78, 5) is 42.2. The number of nitrogens with two attached hydrogens (primary N) is 1. The molecule has 3 aromatic carbocycles. The molecule has 13 heteroatoms. The molecule has 1 aromatic heterocycles. The maximum atomic E-state index is 13.7. The number of anilines is 1. The SMILES string of the molecule is Cc1ccc(-c2ccc(C[C@H](NC(=O)C3CCC(CN)CC3)C(=O)Nc3ccc(-c4nn[nH]n4)cc3)cc2)cc1C(=O)N1CCOCC1.Cl. The van der Waals surface area contributed by atoms with Gasteiger partial charge in [-0.1, -0.05) is 36.4 Å². The summed E-state index contributed by atoms with van der Waals surface area (Å²) < 4.78 is 5.42. The lowest BCUT2D eigenvalue weighted by Gasteiger charge is -2.28. The van der Waals surface area contributed by atoms with Crippen LogP contribution in [0.2, 0.25) is 0 Å². The summed E-state index contributed by atoms with van der Waals surface area (Å²) >= 11 is 0. The summed E-state index contributed by atoms with van der Waals surface area (Å²) in [5.41, 5.74) is 11.6. The number of tetrazole rings is 1. The van der Waals surface area contributed by atoms with E-state index in [1.807, 2.05) is 54.3 Å². The standard InChI is InChI=1S/C36H42N8O4.ClH/c1-23-2-7-29(21-31(23)36(47)44-16-18-48-19-17-44)26-8-3-24(4-9-26)20-32(39-34(45)28-10-5-25(22-37)6-11-28)35(46)38-30-14-12-27(13-15-30)33-40-42-43-41-33;/h2-4,7-9,12-15,21,25,28,32H,5-6,10-11,16-20,22,37H2,1H3,(H,38,46)(H,39,45)(H,40,41,42,43);1H/t25?,28?,32-;/m0./s1. The van der Waals surface area contributed by atoms with Crippen LogP contribution in [0.25, 0.3) is 22.5 Å². The summed E-state index contributed by atoms with van der Waals surface area (Å²) in [6.45, 7) is 4.86. The third-order valence-electron chi connectivity index (χ3n) is 9.43. The molecule has 0 radical (unpaired) electrons. The van der Waals surface area contributed by atoms with Gasteiger partial charge >= 0.3 is 0 Å². The first-order chi connectivity index (χ1) is 23.4. The highest BCUT2D eigenvalue weighted by Crippen LogP contribution is 2.29. The van der Waals surface area contributed by atoms with Crippen molar-refractivity contribution in [2.24, 2.45) is 17.6 Å². The molecule has 4 aromatic rings. The molecular weight excluding hydrogens is 644 g/mol. The van der Waals surface area contributed by atoms with Crippen LogP contribution >= 0.6 is 12.4 Å². The van der Waals surface area contributed by atoms with Crippen molar-refractivity contribution in [3.8, 4) is 22.5 Å². The van der Waals surface area contributed by atoms with Crippen molar-refractivity contribution >= 4 is 35.8 Å². The zero-order valence-corrected chi connectivity index (χ0v) is 28.4. The minimum atomic E-state index is -0.787. The molecule has 0 spiro atoms. The molecule has 6 rings (SSSR count). The molecule has 3 amide bonds. The number of ether oxygens (including phenoxy) is 1. The number of aromatic nitrogens is 4. The van der Waals surface area contributed by atoms with Gasteiger partial charge in [0.25, 0.3) is 5.91 Å². The number of nitrogens with zero attached hydrogens (tertiary/aromatic N) is 4. The summed E-state index contributed by atoms with van der Waals surface area (Å²) in [5, 5.41) is 20.0. The second-order valence-electron chi connectivity index (χ2n) is 12.7. The van der Waals surface area contributed by atoms with Gasteiger partial charge in [-0.25, -0.2) is 0 Å². The third kappa shape index (κ3) is 8.88. The first-order valence-electron chi connectivity index (χ1n) is 16.6. The van der Waals surface area contributed by atoms with E-state index in [0.29, 0.717) is 62.3 Å². The normalized spacial score (nSPS) is 18.2. The second-order valence-corrected chi connectivity index (χ2v) is 12.7. The van der Waals surface area contributed by atoms with E-state index >= 15 is 0 Å². The van der Waals surface area contributed by atoms with Gasteiger partial charge < -0.3 is 26.0 Å². The number of aromatic amines is 1. The molecule has 0 unspecified atom stereocenters. The predicted molar refractivity (Wildman–Crippen MR) is 189 cm³/mol. The number of hydrogen-bond acceptors (Lipinski definition) is 8. The van der Waals surface area contributed by atoms with Gasteiger partial charge in [0.1, 0.15) is 6.04 Å². The van der Waals surface area contributed by atoms with E-state index in [4.69, 9.17) is 10.5 Å². The Bertz CT molecular complexity index is 1700. The fraction of sp³-hybridized carbons (Fsp3) is 0.389. The number of aryl methyl sites for hydroxylation is 1.